The Hall–Kier alpha value is -0.290. The van der Waals surface area contributed by atoms with E-state index in [-0.39, 0.29) is 13.0 Å². The zero-order chi connectivity index (χ0) is 11.6. The zero-order valence-electron chi connectivity index (χ0n) is 8.90. The van der Waals surface area contributed by atoms with Crippen LogP contribution in [-0.4, -0.2) is 29.1 Å². The highest BCUT2D eigenvalue weighted by Gasteiger charge is 2.48. The number of aliphatic hydroxyl groups is 1. The Morgan fingerprint density at radius 2 is 1.50 bits per heavy atom. The van der Waals surface area contributed by atoms with Crippen molar-refractivity contribution < 1.29 is 23.0 Å². The van der Waals surface area contributed by atoms with Gasteiger partial charge in [0, 0.05) is 0 Å². The van der Waals surface area contributed by atoms with Crippen molar-refractivity contribution in [3.63, 3.8) is 0 Å². The molecular formula is C9H17F3O2. The largest absolute Gasteiger partial charge is 0.416 e. The highest BCUT2D eigenvalue weighted by atomic mass is 19.4. The van der Waals surface area contributed by atoms with Crippen LogP contribution in [0.15, 0.2) is 0 Å². The standard InChI is InChI=1S/C9H17F3O2/c1-7(2,13)5-6-14-8(3,4)9(10,11)12/h13H,5-6H2,1-4H3. The lowest BCUT2D eigenvalue weighted by atomic mass is 10.1. The molecule has 0 saturated heterocycles. The zero-order valence-corrected chi connectivity index (χ0v) is 8.90. The molecule has 0 spiro atoms. The van der Waals surface area contributed by atoms with E-state index in [4.69, 9.17) is 0 Å². The molecular weight excluding hydrogens is 197 g/mol. The number of alkyl halides is 3. The molecule has 2 nitrogen and oxygen atoms in total. The molecule has 14 heavy (non-hydrogen) atoms. The summed E-state index contributed by atoms with van der Waals surface area (Å²) in [5, 5.41) is 9.26. The fraction of sp³-hybridized carbons (Fsp3) is 1.00. The minimum Gasteiger partial charge on any atom is -0.390 e. The van der Waals surface area contributed by atoms with Gasteiger partial charge in [0.1, 0.15) is 0 Å². The molecule has 0 bridgehead atoms. The molecule has 0 rings (SSSR count). The van der Waals surface area contributed by atoms with Crippen LogP contribution in [0.4, 0.5) is 13.2 Å². The molecule has 1 N–H and O–H groups in total. The number of rotatable bonds is 4. The van der Waals surface area contributed by atoms with Gasteiger partial charge in [-0.3, -0.25) is 0 Å². The first kappa shape index (κ1) is 13.7. The van der Waals surface area contributed by atoms with Crippen LogP contribution in [0.25, 0.3) is 0 Å². The molecule has 0 unspecified atom stereocenters. The summed E-state index contributed by atoms with van der Waals surface area (Å²) >= 11 is 0. The third-order valence-corrected chi connectivity index (χ3v) is 1.86. The van der Waals surface area contributed by atoms with Crippen LogP contribution in [0.3, 0.4) is 0 Å². The molecule has 0 saturated carbocycles. The van der Waals surface area contributed by atoms with Gasteiger partial charge in [0.25, 0.3) is 0 Å². The highest BCUT2D eigenvalue weighted by molar-refractivity contribution is 4.78. The van der Waals surface area contributed by atoms with Gasteiger partial charge in [0.05, 0.1) is 12.2 Å². The predicted octanol–water partition coefficient (Wildman–Crippen LogP) is 2.50. The Bertz CT molecular complexity index is 179. The van der Waals surface area contributed by atoms with Crippen LogP contribution in [0, 0.1) is 0 Å². The van der Waals surface area contributed by atoms with E-state index in [2.05, 4.69) is 4.74 Å². The lowest BCUT2D eigenvalue weighted by Gasteiger charge is -2.29. The second-order valence-corrected chi connectivity index (χ2v) is 4.42. The monoisotopic (exact) mass is 214 g/mol. The van der Waals surface area contributed by atoms with Crippen molar-refractivity contribution in [3.05, 3.63) is 0 Å². The molecule has 0 aliphatic heterocycles. The van der Waals surface area contributed by atoms with Crippen molar-refractivity contribution in [2.75, 3.05) is 6.61 Å². The van der Waals surface area contributed by atoms with E-state index < -0.39 is 17.4 Å². The predicted molar refractivity (Wildman–Crippen MR) is 47.0 cm³/mol. The fourth-order valence-corrected chi connectivity index (χ4v) is 0.638. The van der Waals surface area contributed by atoms with Crippen molar-refractivity contribution >= 4 is 0 Å². The molecule has 0 atom stereocenters. The van der Waals surface area contributed by atoms with Crippen molar-refractivity contribution in [3.8, 4) is 0 Å². The summed E-state index contributed by atoms with van der Waals surface area (Å²) in [6, 6.07) is 0. The van der Waals surface area contributed by atoms with Gasteiger partial charge < -0.3 is 9.84 Å². The number of hydrogen-bond donors (Lipinski definition) is 1. The fourth-order valence-electron chi connectivity index (χ4n) is 0.638. The number of halogens is 3. The maximum absolute atomic E-state index is 12.3. The molecule has 86 valence electrons. The lowest BCUT2D eigenvalue weighted by Crippen LogP contribution is -2.42. The molecule has 0 fully saturated rings. The number of hydrogen-bond acceptors (Lipinski definition) is 2. The van der Waals surface area contributed by atoms with Gasteiger partial charge in [-0.15, -0.1) is 0 Å². The van der Waals surface area contributed by atoms with Crippen molar-refractivity contribution in [1.29, 1.82) is 0 Å². The second-order valence-electron chi connectivity index (χ2n) is 4.42. The van der Waals surface area contributed by atoms with Gasteiger partial charge in [-0.25, -0.2) is 0 Å². The third-order valence-electron chi connectivity index (χ3n) is 1.86. The van der Waals surface area contributed by atoms with E-state index in [1.807, 2.05) is 0 Å². The summed E-state index contributed by atoms with van der Waals surface area (Å²) in [4.78, 5) is 0. The third kappa shape index (κ3) is 4.81. The molecule has 0 amide bonds. The van der Waals surface area contributed by atoms with Gasteiger partial charge in [-0.2, -0.15) is 13.2 Å². The van der Waals surface area contributed by atoms with E-state index >= 15 is 0 Å². The molecule has 0 radical (unpaired) electrons. The van der Waals surface area contributed by atoms with E-state index in [9.17, 15) is 18.3 Å². The maximum atomic E-state index is 12.3. The second kappa shape index (κ2) is 4.06. The van der Waals surface area contributed by atoms with Crippen LogP contribution in [0.5, 0.6) is 0 Å². The average molecular weight is 214 g/mol. The first-order chi connectivity index (χ1) is 5.96. The molecule has 0 aromatic carbocycles. The minimum absolute atomic E-state index is 0.115. The topological polar surface area (TPSA) is 29.5 Å². The first-order valence-corrected chi connectivity index (χ1v) is 4.39. The van der Waals surface area contributed by atoms with Crippen LogP contribution < -0.4 is 0 Å². The first-order valence-electron chi connectivity index (χ1n) is 4.39. The smallest absolute Gasteiger partial charge is 0.390 e. The van der Waals surface area contributed by atoms with Crippen LogP contribution in [0.2, 0.25) is 0 Å². The summed E-state index contributed by atoms with van der Waals surface area (Å²) in [6.07, 6.45) is -4.21. The summed E-state index contributed by atoms with van der Waals surface area (Å²) in [5.41, 5.74) is -3.15. The molecule has 0 aromatic rings. The Morgan fingerprint density at radius 3 is 1.79 bits per heavy atom. The van der Waals surface area contributed by atoms with Crippen LogP contribution >= 0.6 is 0 Å². The minimum atomic E-state index is -4.38. The summed E-state index contributed by atoms with van der Waals surface area (Å²) in [6.45, 7) is 4.87. The Morgan fingerprint density at radius 1 is 1.07 bits per heavy atom. The Balaban J connectivity index is 4.02. The number of ether oxygens (including phenoxy) is 1. The van der Waals surface area contributed by atoms with Gasteiger partial charge in [-0.05, 0) is 34.1 Å². The Labute approximate surface area is 82.1 Å². The summed E-state index contributed by atoms with van der Waals surface area (Å²) in [5.74, 6) is 0. The molecule has 0 heterocycles. The average Bonchev–Trinajstić information content (AvgIpc) is 1.80. The Kier molecular flexibility index (Phi) is 3.98. The SMILES string of the molecule is CC(C)(O)CCOC(C)(C)C(F)(F)F. The van der Waals surface area contributed by atoms with E-state index in [1.54, 1.807) is 0 Å². The van der Waals surface area contributed by atoms with Gasteiger partial charge in [-0.1, -0.05) is 0 Å². The maximum Gasteiger partial charge on any atom is 0.416 e. The van der Waals surface area contributed by atoms with E-state index in [0.717, 1.165) is 13.8 Å². The normalized spacial score (nSPS) is 14.6. The lowest BCUT2D eigenvalue weighted by molar-refractivity contribution is -0.265. The molecule has 0 aromatic heterocycles. The molecule has 0 aliphatic carbocycles. The molecule has 5 heteroatoms. The summed E-state index contributed by atoms with van der Waals surface area (Å²) < 4.78 is 41.5. The van der Waals surface area contributed by atoms with Crippen molar-refractivity contribution in [1.82, 2.24) is 0 Å². The van der Waals surface area contributed by atoms with Crippen molar-refractivity contribution in [2.45, 2.75) is 51.5 Å². The quantitative estimate of drug-likeness (QED) is 0.779. The van der Waals surface area contributed by atoms with Gasteiger partial charge >= 0.3 is 6.18 Å². The van der Waals surface area contributed by atoms with Gasteiger partial charge in [0.2, 0.25) is 0 Å². The summed E-state index contributed by atoms with van der Waals surface area (Å²) in [7, 11) is 0. The van der Waals surface area contributed by atoms with Gasteiger partial charge in [0.15, 0.2) is 5.60 Å². The van der Waals surface area contributed by atoms with E-state index in [0.29, 0.717) is 0 Å². The molecule has 0 aliphatic rings. The van der Waals surface area contributed by atoms with Crippen molar-refractivity contribution in [2.24, 2.45) is 0 Å². The van der Waals surface area contributed by atoms with Crippen LogP contribution in [-0.2, 0) is 4.74 Å². The highest BCUT2D eigenvalue weighted by Crippen LogP contribution is 2.33. The van der Waals surface area contributed by atoms with E-state index in [1.165, 1.54) is 13.8 Å². The van der Waals surface area contributed by atoms with Crippen LogP contribution in [0.1, 0.15) is 34.1 Å².